The minimum atomic E-state index is -5.03. The highest BCUT2D eigenvalue weighted by Gasteiger charge is 2.33. The van der Waals surface area contributed by atoms with Gasteiger partial charge in [0, 0.05) is 0 Å². The highest BCUT2D eigenvalue weighted by molar-refractivity contribution is 5.88. The molecule has 1 N–H and O–H groups in total. The molecule has 23 heavy (non-hydrogen) atoms. The van der Waals surface area contributed by atoms with Crippen LogP contribution in [0.2, 0.25) is 0 Å². The molecule has 0 atom stereocenters. The number of carboxylic acid groups (broad SMARTS) is 1. The van der Waals surface area contributed by atoms with Crippen molar-refractivity contribution in [2.75, 3.05) is 0 Å². The SMILES string of the molecule is CCC(C)(C)OC(=O)Oc1cc(C(=O)O)ccc1OC(F)(F)F. The van der Waals surface area contributed by atoms with Gasteiger partial charge in [0.2, 0.25) is 0 Å². The lowest BCUT2D eigenvalue weighted by Crippen LogP contribution is -2.29. The van der Waals surface area contributed by atoms with Crippen LogP contribution in [0, 0.1) is 0 Å². The summed E-state index contributed by atoms with van der Waals surface area (Å²) < 4.78 is 50.3. The first-order valence-electron chi connectivity index (χ1n) is 6.47. The number of hydrogen-bond donors (Lipinski definition) is 1. The second-order valence-corrected chi connectivity index (χ2v) is 5.08. The number of carbonyl (C=O) groups is 2. The van der Waals surface area contributed by atoms with Gasteiger partial charge in [0.15, 0.2) is 11.5 Å². The molecule has 0 saturated carbocycles. The molecule has 6 nitrogen and oxygen atoms in total. The van der Waals surface area contributed by atoms with Crippen LogP contribution in [-0.2, 0) is 4.74 Å². The number of rotatable bonds is 5. The van der Waals surface area contributed by atoms with E-state index in [0.717, 1.165) is 18.2 Å². The quantitative estimate of drug-likeness (QED) is 0.647. The standard InChI is InChI=1S/C14H15F3O6/c1-4-13(2,3)23-12(20)21-10-7-8(11(18)19)5-6-9(10)22-14(15,16)17/h5-7H,4H2,1-3H3,(H,18,19). The molecule has 0 spiro atoms. The molecule has 0 aliphatic rings. The number of carbonyl (C=O) groups excluding carboxylic acids is 1. The highest BCUT2D eigenvalue weighted by Crippen LogP contribution is 2.33. The largest absolute Gasteiger partial charge is 0.573 e. The third kappa shape index (κ3) is 6.05. The normalized spacial score (nSPS) is 11.7. The Bertz CT molecular complexity index is 595. The van der Waals surface area contributed by atoms with E-state index in [2.05, 4.69) is 9.47 Å². The summed E-state index contributed by atoms with van der Waals surface area (Å²) in [5.41, 5.74) is -1.27. The molecule has 1 aromatic carbocycles. The zero-order valence-electron chi connectivity index (χ0n) is 12.6. The van der Waals surface area contributed by atoms with Crippen LogP contribution in [0.5, 0.6) is 11.5 Å². The Labute approximate surface area is 129 Å². The number of alkyl halides is 3. The van der Waals surface area contributed by atoms with E-state index in [1.807, 2.05) is 0 Å². The molecule has 0 radical (unpaired) electrons. The molecule has 0 unspecified atom stereocenters. The predicted molar refractivity (Wildman–Crippen MR) is 71.6 cm³/mol. The van der Waals surface area contributed by atoms with E-state index in [1.54, 1.807) is 20.8 Å². The minimum Gasteiger partial charge on any atom is -0.478 e. The third-order valence-corrected chi connectivity index (χ3v) is 2.82. The Kier molecular flexibility index (Phi) is 5.46. The first-order chi connectivity index (χ1) is 10.4. The molecule has 0 bridgehead atoms. The molecule has 1 aromatic rings. The van der Waals surface area contributed by atoms with Crippen molar-refractivity contribution in [3.8, 4) is 11.5 Å². The maximum Gasteiger partial charge on any atom is 0.573 e. The molecule has 128 valence electrons. The number of carboxylic acids is 1. The van der Waals surface area contributed by atoms with Crippen LogP contribution in [-0.4, -0.2) is 29.2 Å². The summed E-state index contributed by atoms with van der Waals surface area (Å²) in [6.45, 7) is 4.89. The smallest absolute Gasteiger partial charge is 0.478 e. The molecule has 9 heteroatoms. The van der Waals surface area contributed by atoms with Gasteiger partial charge in [-0.05, 0) is 38.5 Å². The van der Waals surface area contributed by atoms with Gasteiger partial charge in [-0.2, -0.15) is 0 Å². The van der Waals surface area contributed by atoms with Crippen molar-refractivity contribution in [2.45, 2.75) is 39.2 Å². The van der Waals surface area contributed by atoms with Crippen LogP contribution in [0.1, 0.15) is 37.6 Å². The van der Waals surface area contributed by atoms with Crippen molar-refractivity contribution in [1.82, 2.24) is 0 Å². The summed E-state index contributed by atoms with van der Waals surface area (Å²) in [4.78, 5) is 22.5. The van der Waals surface area contributed by atoms with Crippen molar-refractivity contribution in [1.29, 1.82) is 0 Å². The molecule has 0 amide bonds. The van der Waals surface area contributed by atoms with Crippen LogP contribution >= 0.6 is 0 Å². The number of hydrogen-bond acceptors (Lipinski definition) is 5. The minimum absolute atomic E-state index is 0.378. The average Bonchev–Trinajstić information content (AvgIpc) is 2.38. The molecule has 0 aromatic heterocycles. The zero-order valence-corrected chi connectivity index (χ0v) is 12.6. The summed E-state index contributed by atoms with van der Waals surface area (Å²) in [7, 11) is 0. The number of benzene rings is 1. The van der Waals surface area contributed by atoms with Crippen LogP contribution in [0.3, 0.4) is 0 Å². The van der Waals surface area contributed by atoms with E-state index in [-0.39, 0.29) is 5.56 Å². The number of ether oxygens (including phenoxy) is 3. The van der Waals surface area contributed by atoms with Crippen molar-refractivity contribution < 1.29 is 42.1 Å². The number of aromatic carboxylic acids is 1. The lowest BCUT2D eigenvalue weighted by Gasteiger charge is -2.22. The van der Waals surface area contributed by atoms with E-state index in [0.29, 0.717) is 6.42 Å². The fraction of sp³-hybridized carbons (Fsp3) is 0.429. The molecular weight excluding hydrogens is 321 g/mol. The fourth-order valence-electron chi connectivity index (χ4n) is 1.34. The van der Waals surface area contributed by atoms with Crippen LogP contribution in [0.15, 0.2) is 18.2 Å². The summed E-state index contributed by atoms with van der Waals surface area (Å²) in [5.74, 6) is -2.97. The Balaban J connectivity index is 3.07. The van der Waals surface area contributed by atoms with Crippen molar-refractivity contribution in [3.05, 3.63) is 23.8 Å². The zero-order chi connectivity index (χ0) is 17.8. The van der Waals surface area contributed by atoms with Gasteiger partial charge in [-0.25, -0.2) is 9.59 Å². The van der Waals surface area contributed by atoms with E-state index < -0.39 is 35.6 Å². The van der Waals surface area contributed by atoms with Gasteiger partial charge in [0.25, 0.3) is 0 Å². The van der Waals surface area contributed by atoms with Crippen LogP contribution < -0.4 is 9.47 Å². The molecule has 0 heterocycles. The maximum absolute atomic E-state index is 12.3. The second kappa shape index (κ2) is 6.76. The highest BCUT2D eigenvalue weighted by atomic mass is 19.4. The molecule has 0 fully saturated rings. The average molecular weight is 336 g/mol. The predicted octanol–water partition coefficient (Wildman–Crippen LogP) is 3.99. The van der Waals surface area contributed by atoms with Crippen molar-refractivity contribution in [2.24, 2.45) is 0 Å². The fourth-order valence-corrected chi connectivity index (χ4v) is 1.34. The van der Waals surface area contributed by atoms with Gasteiger partial charge in [0.05, 0.1) is 5.56 Å². The summed E-state index contributed by atoms with van der Waals surface area (Å²) >= 11 is 0. The maximum atomic E-state index is 12.3. The second-order valence-electron chi connectivity index (χ2n) is 5.08. The Morgan fingerprint density at radius 1 is 1.17 bits per heavy atom. The first kappa shape index (κ1) is 18.6. The topological polar surface area (TPSA) is 82.1 Å². The van der Waals surface area contributed by atoms with Gasteiger partial charge in [-0.1, -0.05) is 6.92 Å². The van der Waals surface area contributed by atoms with Crippen molar-refractivity contribution >= 4 is 12.1 Å². The third-order valence-electron chi connectivity index (χ3n) is 2.82. The monoisotopic (exact) mass is 336 g/mol. The van der Waals surface area contributed by atoms with E-state index in [4.69, 9.17) is 9.84 Å². The van der Waals surface area contributed by atoms with Gasteiger partial charge in [0.1, 0.15) is 5.60 Å². The van der Waals surface area contributed by atoms with Crippen LogP contribution in [0.4, 0.5) is 18.0 Å². The lowest BCUT2D eigenvalue weighted by molar-refractivity contribution is -0.275. The lowest BCUT2D eigenvalue weighted by atomic mass is 10.1. The van der Waals surface area contributed by atoms with Gasteiger partial charge < -0.3 is 19.3 Å². The summed E-state index contributed by atoms with van der Waals surface area (Å²) in [5, 5.41) is 8.86. The van der Waals surface area contributed by atoms with E-state index in [9.17, 15) is 22.8 Å². The van der Waals surface area contributed by atoms with Gasteiger partial charge in [-0.15, -0.1) is 13.2 Å². The van der Waals surface area contributed by atoms with Crippen molar-refractivity contribution in [3.63, 3.8) is 0 Å². The summed E-state index contributed by atoms with van der Waals surface area (Å²) in [6.07, 6.45) is -5.87. The number of halogens is 3. The summed E-state index contributed by atoms with van der Waals surface area (Å²) in [6, 6.07) is 2.37. The molecular formula is C14H15F3O6. The molecule has 0 saturated heterocycles. The Morgan fingerprint density at radius 3 is 2.26 bits per heavy atom. The van der Waals surface area contributed by atoms with E-state index >= 15 is 0 Å². The molecule has 0 aliphatic carbocycles. The van der Waals surface area contributed by atoms with Crippen LogP contribution in [0.25, 0.3) is 0 Å². The first-order valence-corrected chi connectivity index (χ1v) is 6.47. The Hall–Kier alpha value is -2.45. The van der Waals surface area contributed by atoms with E-state index in [1.165, 1.54) is 0 Å². The molecule has 1 rings (SSSR count). The van der Waals surface area contributed by atoms with Gasteiger partial charge >= 0.3 is 18.5 Å². The van der Waals surface area contributed by atoms with Gasteiger partial charge in [-0.3, -0.25) is 0 Å². The Morgan fingerprint density at radius 2 is 1.78 bits per heavy atom. The molecule has 0 aliphatic heterocycles.